The van der Waals surface area contributed by atoms with Crippen LogP contribution in [0.25, 0.3) is 0 Å². The molecule has 1 aliphatic rings. The Balaban J connectivity index is 2.06. The number of nitrogens with zero attached hydrogens (tertiary/aromatic N) is 2. The van der Waals surface area contributed by atoms with Crippen molar-refractivity contribution in [3.05, 3.63) is 42.5 Å². The summed E-state index contributed by atoms with van der Waals surface area (Å²) in [6.07, 6.45) is 4.07. The standard InChI is InChI=1S/C18H25N3O4S/c1-4-17(22)19-16-9-5-8-15(11-16)18(23)21-10-6-7-14(13-21)12-20(2)26(3,24)25/h4-5,8-9,11,14H,1,6-7,10,12-13H2,2-3H3,(H,19,22). The summed E-state index contributed by atoms with van der Waals surface area (Å²) >= 11 is 0. The summed E-state index contributed by atoms with van der Waals surface area (Å²) < 4.78 is 24.5. The minimum Gasteiger partial charge on any atom is -0.338 e. The number of hydrogen-bond donors (Lipinski definition) is 1. The Morgan fingerprint density at radius 2 is 2.15 bits per heavy atom. The van der Waals surface area contributed by atoms with Gasteiger partial charge in [-0.2, -0.15) is 0 Å². The zero-order valence-electron chi connectivity index (χ0n) is 15.1. The van der Waals surface area contributed by atoms with E-state index in [-0.39, 0.29) is 17.7 Å². The van der Waals surface area contributed by atoms with E-state index in [1.54, 1.807) is 36.2 Å². The van der Waals surface area contributed by atoms with Crippen LogP contribution in [0.2, 0.25) is 0 Å². The fourth-order valence-electron chi connectivity index (χ4n) is 3.00. The van der Waals surface area contributed by atoms with Gasteiger partial charge in [-0.05, 0) is 43.0 Å². The molecule has 0 aromatic heterocycles. The largest absolute Gasteiger partial charge is 0.338 e. The minimum atomic E-state index is -3.23. The lowest BCUT2D eigenvalue weighted by atomic mass is 9.97. The van der Waals surface area contributed by atoms with Gasteiger partial charge in [0.2, 0.25) is 15.9 Å². The van der Waals surface area contributed by atoms with Crippen molar-refractivity contribution in [3.8, 4) is 0 Å². The van der Waals surface area contributed by atoms with Gasteiger partial charge in [-0.1, -0.05) is 12.6 Å². The molecule has 1 unspecified atom stereocenters. The molecule has 1 aliphatic heterocycles. The summed E-state index contributed by atoms with van der Waals surface area (Å²) in [6, 6.07) is 6.76. The highest BCUT2D eigenvalue weighted by Gasteiger charge is 2.27. The van der Waals surface area contributed by atoms with Gasteiger partial charge in [0, 0.05) is 37.9 Å². The van der Waals surface area contributed by atoms with Crippen LogP contribution in [0.4, 0.5) is 5.69 Å². The Hall–Kier alpha value is -2.19. The predicted molar refractivity (Wildman–Crippen MR) is 101 cm³/mol. The van der Waals surface area contributed by atoms with Gasteiger partial charge in [0.15, 0.2) is 0 Å². The molecule has 0 saturated carbocycles. The smallest absolute Gasteiger partial charge is 0.253 e. The lowest BCUT2D eigenvalue weighted by Crippen LogP contribution is -2.44. The van der Waals surface area contributed by atoms with Gasteiger partial charge in [0.25, 0.3) is 5.91 Å². The maximum Gasteiger partial charge on any atom is 0.253 e. The zero-order chi connectivity index (χ0) is 19.3. The predicted octanol–water partition coefficient (Wildman–Crippen LogP) is 1.55. The molecule has 1 saturated heterocycles. The van der Waals surface area contributed by atoms with Crippen LogP contribution in [0.15, 0.2) is 36.9 Å². The van der Waals surface area contributed by atoms with E-state index in [9.17, 15) is 18.0 Å². The van der Waals surface area contributed by atoms with Crippen LogP contribution in [0.5, 0.6) is 0 Å². The molecule has 2 rings (SSSR count). The van der Waals surface area contributed by atoms with Crippen molar-refractivity contribution in [2.24, 2.45) is 5.92 Å². The summed E-state index contributed by atoms with van der Waals surface area (Å²) in [5.41, 5.74) is 1.02. The van der Waals surface area contributed by atoms with E-state index in [1.165, 1.54) is 16.6 Å². The Morgan fingerprint density at radius 1 is 1.42 bits per heavy atom. The van der Waals surface area contributed by atoms with Crippen molar-refractivity contribution in [3.63, 3.8) is 0 Å². The molecule has 1 heterocycles. The van der Waals surface area contributed by atoms with Gasteiger partial charge >= 0.3 is 0 Å². The molecule has 1 aromatic carbocycles. The molecule has 1 N–H and O–H groups in total. The molecule has 1 fully saturated rings. The van der Waals surface area contributed by atoms with E-state index in [0.29, 0.717) is 30.9 Å². The third-order valence-corrected chi connectivity index (χ3v) is 5.73. The molecule has 0 bridgehead atoms. The fraction of sp³-hybridized carbons (Fsp3) is 0.444. The van der Waals surface area contributed by atoms with E-state index in [4.69, 9.17) is 0 Å². The topological polar surface area (TPSA) is 86.8 Å². The van der Waals surface area contributed by atoms with Crippen molar-refractivity contribution in [2.45, 2.75) is 12.8 Å². The summed E-state index contributed by atoms with van der Waals surface area (Å²) in [6.45, 7) is 4.96. The Labute approximate surface area is 154 Å². The van der Waals surface area contributed by atoms with Crippen molar-refractivity contribution in [1.82, 2.24) is 9.21 Å². The van der Waals surface area contributed by atoms with Gasteiger partial charge in [0.05, 0.1) is 6.26 Å². The second kappa shape index (κ2) is 8.46. The first kappa shape index (κ1) is 20.1. The average molecular weight is 379 g/mol. The lowest BCUT2D eigenvalue weighted by Gasteiger charge is -2.34. The van der Waals surface area contributed by atoms with Crippen molar-refractivity contribution in [2.75, 3.05) is 38.3 Å². The third kappa shape index (κ3) is 5.40. The number of nitrogens with one attached hydrogen (secondary N) is 1. The Kier molecular flexibility index (Phi) is 6.55. The molecule has 2 amide bonds. The van der Waals surface area contributed by atoms with Crippen LogP contribution < -0.4 is 5.32 Å². The molecule has 0 spiro atoms. The number of likely N-dealkylation sites (tertiary alicyclic amines) is 1. The minimum absolute atomic E-state index is 0.107. The normalized spacial score (nSPS) is 17.8. The fourth-order valence-corrected chi connectivity index (χ4v) is 3.49. The number of hydrogen-bond acceptors (Lipinski definition) is 4. The van der Waals surface area contributed by atoms with E-state index < -0.39 is 10.0 Å². The third-order valence-electron chi connectivity index (χ3n) is 4.45. The van der Waals surface area contributed by atoms with Crippen LogP contribution in [0.1, 0.15) is 23.2 Å². The summed E-state index contributed by atoms with van der Waals surface area (Å²) in [5, 5.41) is 2.64. The van der Waals surface area contributed by atoms with Gasteiger partial charge in [0.1, 0.15) is 0 Å². The molecular formula is C18H25N3O4S. The average Bonchev–Trinajstić information content (AvgIpc) is 2.60. The Bertz CT molecular complexity index is 791. The first-order valence-corrected chi connectivity index (χ1v) is 10.3. The van der Waals surface area contributed by atoms with Crippen molar-refractivity contribution >= 4 is 27.5 Å². The van der Waals surface area contributed by atoms with E-state index in [2.05, 4.69) is 11.9 Å². The van der Waals surface area contributed by atoms with Crippen LogP contribution >= 0.6 is 0 Å². The van der Waals surface area contributed by atoms with Crippen LogP contribution in [0, 0.1) is 5.92 Å². The number of carbonyl (C=O) groups is 2. The summed E-state index contributed by atoms with van der Waals surface area (Å²) in [4.78, 5) is 26.0. The van der Waals surface area contributed by atoms with Crippen molar-refractivity contribution in [1.29, 1.82) is 0 Å². The second-order valence-corrected chi connectivity index (χ2v) is 8.67. The molecule has 142 valence electrons. The highest BCUT2D eigenvalue weighted by molar-refractivity contribution is 7.88. The molecule has 0 aliphatic carbocycles. The maximum absolute atomic E-state index is 12.8. The Morgan fingerprint density at radius 3 is 2.81 bits per heavy atom. The summed E-state index contributed by atoms with van der Waals surface area (Å²) in [7, 11) is -1.67. The zero-order valence-corrected chi connectivity index (χ0v) is 16.0. The van der Waals surface area contributed by atoms with Gasteiger partial charge in [-0.25, -0.2) is 12.7 Å². The first-order valence-electron chi connectivity index (χ1n) is 8.44. The number of rotatable bonds is 6. The quantitative estimate of drug-likeness (QED) is 0.760. The van der Waals surface area contributed by atoms with Crippen molar-refractivity contribution < 1.29 is 18.0 Å². The van der Waals surface area contributed by atoms with Crippen LogP contribution in [-0.2, 0) is 14.8 Å². The number of anilines is 1. The number of carbonyl (C=O) groups excluding carboxylic acids is 2. The molecule has 1 aromatic rings. The molecule has 26 heavy (non-hydrogen) atoms. The number of benzene rings is 1. The highest BCUT2D eigenvalue weighted by atomic mass is 32.2. The molecule has 0 radical (unpaired) electrons. The van der Waals surface area contributed by atoms with E-state index in [1.807, 2.05) is 0 Å². The van der Waals surface area contributed by atoms with E-state index >= 15 is 0 Å². The molecule has 7 nitrogen and oxygen atoms in total. The lowest BCUT2D eigenvalue weighted by molar-refractivity contribution is -0.111. The SMILES string of the molecule is C=CC(=O)Nc1cccc(C(=O)N2CCCC(CN(C)S(C)(=O)=O)C2)c1. The maximum atomic E-state index is 12.8. The van der Waals surface area contributed by atoms with Gasteiger partial charge in [-0.15, -0.1) is 0 Å². The first-order chi connectivity index (χ1) is 12.2. The molecular weight excluding hydrogens is 354 g/mol. The summed E-state index contributed by atoms with van der Waals surface area (Å²) in [5.74, 6) is -0.348. The molecule has 8 heteroatoms. The monoisotopic (exact) mass is 379 g/mol. The number of sulfonamides is 1. The number of amides is 2. The highest BCUT2D eigenvalue weighted by Crippen LogP contribution is 2.21. The van der Waals surface area contributed by atoms with E-state index in [0.717, 1.165) is 12.8 Å². The second-order valence-electron chi connectivity index (χ2n) is 6.58. The number of piperidine rings is 1. The van der Waals surface area contributed by atoms with Crippen LogP contribution in [0.3, 0.4) is 0 Å². The van der Waals surface area contributed by atoms with Crippen LogP contribution in [-0.4, -0.2) is 62.4 Å². The van der Waals surface area contributed by atoms with Gasteiger partial charge < -0.3 is 10.2 Å². The van der Waals surface area contributed by atoms with Gasteiger partial charge in [-0.3, -0.25) is 9.59 Å². The molecule has 1 atom stereocenters.